The molecule has 0 radical (unpaired) electrons. The summed E-state index contributed by atoms with van der Waals surface area (Å²) in [5.41, 5.74) is 1.64. The highest BCUT2D eigenvalue weighted by Crippen LogP contribution is 2.36. The molecule has 31 heavy (non-hydrogen) atoms. The first kappa shape index (κ1) is 27.4. The molecule has 0 heterocycles. The molecule has 8 heteroatoms. The lowest BCUT2D eigenvalue weighted by Crippen LogP contribution is -2.43. The van der Waals surface area contributed by atoms with E-state index in [1.807, 2.05) is 12.1 Å². The van der Waals surface area contributed by atoms with Crippen molar-refractivity contribution in [2.45, 2.75) is 58.9 Å². The Bertz CT molecular complexity index is 645. The van der Waals surface area contributed by atoms with Crippen molar-refractivity contribution in [3.8, 4) is 5.75 Å². The molecule has 1 N–H and O–H groups in total. The van der Waals surface area contributed by atoms with E-state index in [0.717, 1.165) is 12.2 Å². The van der Waals surface area contributed by atoms with Crippen molar-refractivity contribution in [1.29, 1.82) is 0 Å². The molecule has 1 aromatic rings. The Morgan fingerprint density at radius 1 is 0.935 bits per heavy atom. The van der Waals surface area contributed by atoms with Crippen LogP contribution < -0.4 is 10.1 Å². The first-order valence-electron chi connectivity index (χ1n) is 10.8. The number of amides is 1. The second-order valence-corrected chi connectivity index (χ2v) is 12.5. The van der Waals surface area contributed by atoms with Crippen LogP contribution in [0.3, 0.4) is 0 Å². The molecule has 0 aliphatic carbocycles. The number of benzene rings is 1. The van der Waals surface area contributed by atoms with Gasteiger partial charge in [0.25, 0.3) is 0 Å². The summed E-state index contributed by atoms with van der Waals surface area (Å²) in [6, 6.07) is 8.77. The molecule has 0 atom stereocenters. The molecule has 0 saturated carbocycles. The van der Waals surface area contributed by atoms with Crippen molar-refractivity contribution < 1.29 is 27.5 Å². The van der Waals surface area contributed by atoms with Gasteiger partial charge < -0.3 is 28.1 Å². The van der Waals surface area contributed by atoms with E-state index in [2.05, 4.69) is 52.1 Å². The summed E-state index contributed by atoms with van der Waals surface area (Å²) in [6.07, 6.45) is 1.29. The van der Waals surface area contributed by atoms with Crippen LogP contribution in [0.5, 0.6) is 5.75 Å². The van der Waals surface area contributed by atoms with Gasteiger partial charge in [-0.25, -0.2) is 4.79 Å². The quantitative estimate of drug-likeness (QED) is 0.341. The second kappa shape index (κ2) is 12.4. The second-order valence-electron chi connectivity index (χ2n) is 9.46. The minimum absolute atomic E-state index is 0.0931. The highest BCUT2D eigenvalue weighted by molar-refractivity contribution is 6.60. The Morgan fingerprint density at radius 3 is 2.03 bits per heavy atom. The number of carbonyl (C=O) groups is 1. The fourth-order valence-electron chi connectivity index (χ4n) is 3.83. The maximum absolute atomic E-state index is 11.8. The molecule has 1 rings (SSSR count). The number of hydrogen-bond acceptors (Lipinski definition) is 6. The predicted octanol–water partition coefficient (Wildman–Crippen LogP) is 4.77. The monoisotopic (exact) mass is 455 g/mol. The lowest BCUT2D eigenvalue weighted by atomic mass is 9.72. The largest absolute Gasteiger partial charge is 0.500 e. The van der Waals surface area contributed by atoms with Gasteiger partial charge in [0.1, 0.15) is 19.0 Å². The number of carbonyl (C=O) groups excluding carboxylic acids is 1. The first-order chi connectivity index (χ1) is 14.5. The van der Waals surface area contributed by atoms with Gasteiger partial charge in [0.2, 0.25) is 0 Å². The summed E-state index contributed by atoms with van der Waals surface area (Å²) in [7, 11) is 2.11. The zero-order valence-electron chi connectivity index (χ0n) is 20.5. The van der Waals surface area contributed by atoms with Crippen LogP contribution in [0.2, 0.25) is 6.04 Å². The zero-order chi connectivity index (χ0) is 23.5. The third-order valence-electron chi connectivity index (χ3n) is 5.06. The van der Waals surface area contributed by atoms with Crippen LogP contribution in [0.4, 0.5) is 4.79 Å². The van der Waals surface area contributed by atoms with Gasteiger partial charge >= 0.3 is 14.9 Å². The van der Waals surface area contributed by atoms with Gasteiger partial charge in [0.05, 0.1) is 0 Å². The van der Waals surface area contributed by atoms with E-state index < -0.39 is 14.9 Å². The number of hydrogen-bond donors (Lipinski definition) is 1. The Kier molecular flexibility index (Phi) is 11.0. The van der Waals surface area contributed by atoms with Crippen molar-refractivity contribution in [2.75, 3.05) is 41.1 Å². The van der Waals surface area contributed by atoms with Crippen LogP contribution in [0.15, 0.2) is 24.3 Å². The molecular weight excluding hydrogens is 414 g/mol. The Labute approximate surface area is 189 Å². The molecule has 7 nitrogen and oxygen atoms in total. The van der Waals surface area contributed by atoms with Crippen molar-refractivity contribution >= 4 is 14.9 Å². The maximum atomic E-state index is 11.8. The molecule has 1 aromatic carbocycles. The third kappa shape index (κ3) is 10.0. The number of ether oxygens (including phenoxy) is 2. The maximum Gasteiger partial charge on any atom is 0.500 e. The van der Waals surface area contributed by atoms with Crippen LogP contribution in [-0.4, -0.2) is 56.0 Å². The zero-order valence-corrected chi connectivity index (χ0v) is 21.5. The Morgan fingerprint density at radius 2 is 1.52 bits per heavy atom. The molecule has 0 fully saturated rings. The first-order valence-corrected chi connectivity index (χ1v) is 12.7. The van der Waals surface area contributed by atoms with Gasteiger partial charge in [0.15, 0.2) is 0 Å². The highest BCUT2D eigenvalue weighted by Gasteiger charge is 2.36. The topological polar surface area (TPSA) is 75.3 Å². The average molecular weight is 456 g/mol. The van der Waals surface area contributed by atoms with E-state index >= 15 is 0 Å². The molecule has 0 aromatic heterocycles. The lowest BCUT2D eigenvalue weighted by molar-refractivity contribution is 0.119. The van der Waals surface area contributed by atoms with E-state index in [4.69, 9.17) is 22.8 Å². The van der Waals surface area contributed by atoms with Gasteiger partial charge in [-0.3, -0.25) is 0 Å². The summed E-state index contributed by atoms with van der Waals surface area (Å²) in [4.78, 5) is 11.8. The van der Waals surface area contributed by atoms with E-state index in [-0.39, 0.29) is 17.4 Å². The lowest BCUT2D eigenvalue weighted by Gasteiger charge is -2.33. The smallest absolute Gasteiger partial charge is 0.490 e. The van der Waals surface area contributed by atoms with Crippen LogP contribution in [0, 0.1) is 5.41 Å². The number of nitrogens with one attached hydrogen (secondary N) is 1. The van der Waals surface area contributed by atoms with Crippen molar-refractivity contribution in [2.24, 2.45) is 5.41 Å². The fourth-order valence-corrected chi connectivity index (χ4v) is 5.55. The summed E-state index contributed by atoms with van der Waals surface area (Å²) in [5, 5.41) is 2.71. The van der Waals surface area contributed by atoms with Crippen LogP contribution in [0.25, 0.3) is 0 Å². The number of alkyl carbamates (subject to hydrolysis) is 1. The summed E-state index contributed by atoms with van der Waals surface area (Å²) in [5.74, 6) is 0.763. The minimum Gasteiger partial charge on any atom is -0.490 e. The average Bonchev–Trinajstić information content (AvgIpc) is 2.70. The molecule has 0 saturated heterocycles. The highest BCUT2D eigenvalue weighted by atomic mass is 28.4. The van der Waals surface area contributed by atoms with Gasteiger partial charge in [-0.05, 0) is 41.4 Å². The van der Waals surface area contributed by atoms with Gasteiger partial charge in [-0.1, -0.05) is 46.8 Å². The standard InChI is InChI=1S/C23H41NO6Si/c1-22(2,3)18-23(4,5)19-10-12-20(13-11-19)29-15-16-30-21(25)24-14-9-17-31(26-6,27-7)28-8/h10-13H,9,14-18H2,1-8H3,(H,24,25). The SMILES string of the molecule is CO[Si](CCCNC(=O)OCCOc1ccc(C(C)(C)CC(C)(C)C)cc1)(OC)OC. The molecule has 0 unspecified atom stereocenters. The van der Waals surface area contributed by atoms with Gasteiger partial charge in [0, 0.05) is 33.9 Å². The summed E-state index contributed by atoms with van der Waals surface area (Å²) >= 11 is 0. The molecule has 0 aliphatic rings. The molecule has 178 valence electrons. The molecule has 0 spiro atoms. The van der Waals surface area contributed by atoms with Crippen molar-refractivity contribution in [1.82, 2.24) is 5.32 Å². The van der Waals surface area contributed by atoms with Gasteiger partial charge in [-0.15, -0.1) is 0 Å². The fraction of sp³-hybridized carbons (Fsp3) is 0.696. The van der Waals surface area contributed by atoms with Crippen molar-refractivity contribution in [3.63, 3.8) is 0 Å². The predicted molar refractivity (Wildman–Crippen MR) is 125 cm³/mol. The summed E-state index contributed by atoms with van der Waals surface area (Å²) < 4.78 is 26.9. The van der Waals surface area contributed by atoms with Crippen LogP contribution in [0.1, 0.15) is 53.0 Å². The molecule has 0 aliphatic heterocycles. The van der Waals surface area contributed by atoms with Crippen LogP contribution >= 0.6 is 0 Å². The number of rotatable bonds is 13. The van der Waals surface area contributed by atoms with E-state index in [9.17, 15) is 4.79 Å². The summed E-state index contributed by atoms with van der Waals surface area (Å²) in [6.45, 7) is 12.2. The van der Waals surface area contributed by atoms with E-state index in [1.165, 1.54) is 5.56 Å². The van der Waals surface area contributed by atoms with Gasteiger partial charge in [-0.2, -0.15) is 0 Å². The molecular formula is C23H41NO6Si. The van der Waals surface area contributed by atoms with Crippen molar-refractivity contribution in [3.05, 3.63) is 29.8 Å². The third-order valence-corrected chi connectivity index (χ3v) is 7.89. The molecule has 0 bridgehead atoms. The Balaban J connectivity index is 2.30. The van der Waals surface area contributed by atoms with E-state index in [0.29, 0.717) is 25.6 Å². The van der Waals surface area contributed by atoms with Crippen LogP contribution in [-0.2, 0) is 23.4 Å². The van der Waals surface area contributed by atoms with E-state index in [1.54, 1.807) is 21.3 Å². The molecule has 1 amide bonds. The normalized spacial score (nSPS) is 12.5. The minimum atomic E-state index is -2.60. The Hall–Kier alpha value is -1.61.